The van der Waals surface area contributed by atoms with Gasteiger partial charge in [0.25, 0.3) is 5.56 Å². The average Bonchev–Trinajstić information content (AvgIpc) is 2.87. The number of hydrogen-bond acceptors (Lipinski definition) is 4. The fourth-order valence-electron chi connectivity index (χ4n) is 4.75. The molecule has 2 aromatic carbocycles. The predicted octanol–water partition coefficient (Wildman–Crippen LogP) is 4.94. The zero-order valence-electron chi connectivity index (χ0n) is 20.9. The molecule has 1 saturated carbocycles. The van der Waals surface area contributed by atoms with Gasteiger partial charge in [0.1, 0.15) is 0 Å². The molecule has 0 aliphatic heterocycles. The van der Waals surface area contributed by atoms with Crippen molar-refractivity contribution in [1.82, 2.24) is 15.2 Å². The Morgan fingerprint density at radius 2 is 1.80 bits per heavy atom. The number of methoxy groups -OCH3 is 2. The number of ether oxygens (including phenoxy) is 2. The summed E-state index contributed by atoms with van der Waals surface area (Å²) in [5, 5.41) is 4.17. The summed E-state index contributed by atoms with van der Waals surface area (Å²) in [6, 6.07) is 13.7. The van der Waals surface area contributed by atoms with Gasteiger partial charge in [-0.15, -0.1) is 0 Å². The maximum absolute atomic E-state index is 13.3. The molecule has 1 aromatic heterocycles. The number of aromatic amines is 1. The van der Waals surface area contributed by atoms with Crippen molar-refractivity contribution in [3.8, 4) is 11.5 Å². The van der Waals surface area contributed by atoms with Crippen molar-refractivity contribution >= 4 is 16.9 Å². The number of H-pyrrole nitrogens is 1. The Kier molecular flexibility index (Phi) is 7.95. The van der Waals surface area contributed by atoms with E-state index in [4.69, 9.17) is 9.47 Å². The number of aryl methyl sites for hydroxylation is 1. The summed E-state index contributed by atoms with van der Waals surface area (Å²) in [4.78, 5) is 30.9. The number of amides is 2. The number of carbonyl (C=O) groups excluding carboxylic acids is 1. The molecular weight excluding hydrogens is 442 g/mol. The molecule has 0 radical (unpaired) electrons. The van der Waals surface area contributed by atoms with Gasteiger partial charge in [0.05, 0.1) is 20.8 Å². The second-order valence-electron chi connectivity index (χ2n) is 9.36. The summed E-state index contributed by atoms with van der Waals surface area (Å²) in [7, 11) is 3.22. The molecule has 1 aliphatic rings. The van der Waals surface area contributed by atoms with Crippen LogP contribution in [0.3, 0.4) is 0 Å². The van der Waals surface area contributed by atoms with Gasteiger partial charge < -0.3 is 24.7 Å². The van der Waals surface area contributed by atoms with Gasteiger partial charge in [-0.3, -0.25) is 4.79 Å². The number of benzene rings is 2. The number of pyridine rings is 1. The number of nitrogens with one attached hydrogen (secondary N) is 2. The van der Waals surface area contributed by atoms with Crippen molar-refractivity contribution in [1.29, 1.82) is 0 Å². The van der Waals surface area contributed by atoms with Crippen LogP contribution in [0.25, 0.3) is 10.9 Å². The van der Waals surface area contributed by atoms with Crippen molar-refractivity contribution in [2.45, 2.75) is 58.0 Å². The van der Waals surface area contributed by atoms with Crippen molar-refractivity contribution in [3.05, 3.63) is 69.5 Å². The van der Waals surface area contributed by atoms with Crippen LogP contribution in [0.15, 0.2) is 47.3 Å². The molecule has 1 aliphatic carbocycles. The average molecular weight is 478 g/mol. The minimum absolute atomic E-state index is 0.124. The SMILES string of the molecule is COc1ccc(CCN(Cc2cc3ccc(C)cc3[nH]c2=O)C(=O)NC2CCCCC2)cc1OC. The third-order valence-corrected chi connectivity index (χ3v) is 6.78. The highest BCUT2D eigenvalue weighted by atomic mass is 16.5. The lowest BCUT2D eigenvalue weighted by molar-refractivity contribution is 0.187. The number of aromatic nitrogens is 1. The van der Waals surface area contributed by atoms with Gasteiger partial charge in [-0.05, 0) is 67.0 Å². The van der Waals surface area contributed by atoms with Crippen LogP contribution in [0.5, 0.6) is 11.5 Å². The smallest absolute Gasteiger partial charge is 0.317 e. The number of nitrogens with zero attached hydrogens (tertiary/aromatic N) is 1. The topological polar surface area (TPSA) is 83.7 Å². The van der Waals surface area contributed by atoms with Gasteiger partial charge in [-0.1, -0.05) is 37.5 Å². The highest BCUT2D eigenvalue weighted by molar-refractivity contribution is 5.80. The molecule has 0 atom stereocenters. The second kappa shape index (κ2) is 11.3. The van der Waals surface area contributed by atoms with E-state index < -0.39 is 0 Å². The van der Waals surface area contributed by atoms with E-state index >= 15 is 0 Å². The minimum atomic E-state index is -0.162. The normalized spacial score (nSPS) is 14.0. The molecular formula is C28H35N3O4. The maximum Gasteiger partial charge on any atom is 0.317 e. The molecule has 0 saturated heterocycles. The molecule has 0 unspecified atom stereocenters. The number of fused-ring (bicyclic) bond motifs is 1. The monoisotopic (exact) mass is 477 g/mol. The molecule has 7 heteroatoms. The molecule has 186 valence electrons. The van der Waals surface area contributed by atoms with Crippen LogP contribution in [0.2, 0.25) is 0 Å². The quantitative estimate of drug-likeness (QED) is 0.481. The number of urea groups is 1. The number of rotatable bonds is 8. The van der Waals surface area contributed by atoms with E-state index in [0.717, 1.165) is 47.7 Å². The van der Waals surface area contributed by atoms with E-state index in [2.05, 4.69) is 10.3 Å². The summed E-state index contributed by atoms with van der Waals surface area (Å²) < 4.78 is 10.8. The summed E-state index contributed by atoms with van der Waals surface area (Å²) in [5.74, 6) is 1.32. The van der Waals surface area contributed by atoms with Crippen LogP contribution < -0.4 is 20.3 Å². The zero-order valence-corrected chi connectivity index (χ0v) is 20.9. The first-order chi connectivity index (χ1) is 17.0. The summed E-state index contributed by atoms with van der Waals surface area (Å²) in [5.41, 5.74) is 3.34. The largest absolute Gasteiger partial charge is 0.493 e. The van der Waals surface area contributed by atoms with E-state index in [1.807, 2.05) is 49.4 Å². The van der Waals surface area contributed by atoms with Gasteiger partial charge >= 0.3 is 6.03 Å². The molecule has 4 rings (SSSR count). The number of hydrogen-bond donors (Lipinski definition) is 2. The molecule has 1 heterocycles. The third kappa shape index (κ3) is 6.15. The molecule has 7 nitrogen and oxygen atoms in total. The molecule has 2 amide bonds. The van der Waals surface area contributed by atoms with Crippen LogP contribution in [-0.2, 0) is 13.0 Å². The summed E-state index contributed by atoms with van der Waals surface area (Å²) >= 11 is 0. The lowest BCUT2D eigenvalue weighted by Crippen LogP contribution is -2.46. The number of carbonyl (C=O) groups is 1. The van der Waals surface area contributed by atoms with Gasteiger partial charge in [0, 0.05) is 23.7 Å². The molecule has 2 N–H and O–H groups in total. The summed E-state index contributed by atoms with van der Waals surface area (Å²) in [6.07, 6.45) is 6.14. The Morgan fingerprint density at radius 1 is 1.03 bits per heavy atom. The Labute approximate surface area is 206 Å². The molecule has 0 bridgehead atoms. The Morgan fingerprint density at radius 3 is 2.54 bits per heavy atom. The van der Waals surface area contributed by atoms with E-state index in [1.54, 1.807) is 19.1 Å². The summed E-state index contributed by atoms with van der Waals surface area (Å²) in [6.45, 7) is 2.71. The van der Waals surface area contributed by atoms with Crippen LogP contribution in [0, 0.1) is 6.92 Å². The third-order valence-electron chi connectivity index (χ3n) is 6.78. The lowest BCUT2D eigenvalue weighted by atomic mass is 9.96. The van der Waals surface area contributed by atoms with E-state index in [1.165, 1.54) is 6.42 Å². The van der Waals surface area contributed by atoms with Gasteiger partial charge in [0.15, 0.2) is 11.5 Å². The lowest BCUT2D eigenvalue weighted by Gasteiger charge is -2.28. The maximum atomic E-state index is 13.3. The van der Waals surface area contributed by atoms with E-state index in [9.17, 15) is 9.59 Å². The first-order valence-corrected chi connectivity index (χ1v) is 12.4. The Hall–Kier alpha value is -3.48. The van der Waals surface area contributed by atoms with Crippen molar-refractivity contribution < 1.29 is 14.3 Å². The van der Waals surface area contributed by atoms with Gasteiger partial charge in [-0.2, -0.15) is 0 Å². The predicted molar refractivity (Wildman–Crippen MR) is 138 cm³/mol. The van der Waals surface area contributed by atoms with Crippen molar-refractivity contribution in [2.24, 2.45) is 0 Å². The minimum Gasteiger partial charge on any atom is -0.493 e. The van der Waals surface area contributed by atoms with Gasteiger partial charge in [-0.25, -0.2) is 4.79 Å². The standard InChI is InChI=1S/C28H35N3O4/c1-19-9-11-21-17-22(27(32)30-24(21)15-19)18-31(28(33)29-23-7-5-4-6-8-23)14-13-20-10-12-25(34-2)26(16-20)35-3/h9-12,15-17,23H,4-8,13-14,18H2,1-3H3,(H,29,33)(H,30,32). The fourth-order valence-corrected chi connectivity index (χ4v) is 4.75. The van der Waals surface area contributed by atoms with Gasteiger partial charge in [0.2, 0.25) is 0 Å². The second-order valence-corrected chi connectivity index (χ2v) is 9.36. The Bertz CT molecular complexity index is 1230. The highest BCUT2D eigenvalue weighted by Crippen LogP contribution is 2.28. The van der Waals surface area contributed by atoms with E-state index in [-0.39, 0.29) is 24.2 Å². The fraction of sp³-hybridized carbons (Fsp3) is 0.429. The van der Waals surface area contributed by atoms with Crippen molar-refractivity contribution in [2.75, 3.05) is 20.8 Å². The zero-order chi connectivity index (χ0) is 24.8. The molecule has 0 spiro atoms. The first-order valence-electron chi connectivity index (χ1n) is 12.4. The van der Waals surface area contributed by atoms with Crippen LogP contribution in [-0.4, -0.2) is 42.7 Å². The van der Waals surface area contributed by atoms with Crippen molar-refractivity contribution in [3.63, 3.8) is 0 Å². The molecule has 35 heavy (non-hydrogen) atoms. The molecule has 3 aromatic rings. The highest BCUT2D eigenvalue weighted by Gasteiger charge is 2.21. The molecule has 1 fully saturated rings. The van der Waals surface area contributed by atoms with Crippen LogP contribution in [0.1, 0.15) is 48.8 Å². The van der Waals surface area contributed by atoms with Crippen LogP contribution in [0.4, 0.5) is 4.79 Å². The van der Waals surface area contributed by atoms with Crippen LogP contribution >= 0.6 is 0 Å². The first kappa shape index (κ1) is 24.6. The Balaban J connectivity index is 1.55. The van der Waals surface area contributed by atoms with E-state index in [0.29, 0.717) is 30.0 Å².